The molecule has 17 heavy (non-hydrogen) atoms. The second-order valence-corrected chi connectivity index (χ2v) is 4.10. The zero-order valence-corrected chi connectivity index (χ0v) is 9.99. The van der Waals surface area contributed by atoms with Crippen LogP contribution in [-0.4, -0.2) is 5.91 Å². The van der Waals surface area contributed by atoms with Gasteiger partial charge >= 0.3 is 0 Å². The molecule has 88 valence electrons. The van der Waals surface area contributed by atoms with Crippen molar-refractivity contribution in [2.45, 2.75) is 20.4 Å². The third-order valence-electron chi connectivity index (χ3n) is 2.64. The summed E-state index contributed by atoms with van der Waals surface area (Å²) in [5.41, 5.74) is 3.14. The highest BCUT2D eigenvalue weighted by Gasteiger charge is 2.11. The van der Waals surface area contributed by atoms with Crippen molar-refractivity contribution in [2.24, 2.45) is 0 Å². The van der Waals surface area contributed by atoms with E-state index >= 15 is 0 Å². The van der Waals surface area contributed by atoms with E-state index in [-0.39, 0.29) is 5.91 Å². The lowest BCUT2D eigenvalue weighted by Gasteiger charge is -2.04. The van der Waals surface area contributed by atoms with Crippen LogP contribution in [0.15, 0.2) is 41.0 Å². The molecule has 0 aliphatic heterocycles. The first kappa shape index (κ1) is 11.5. The van der Waals surface area contributed by atoms with Gasteiger partial charge in [0.05, 0.1) is 6.26 Å². The minimum Gasteiger partial charge on any atom is -0.459 e. The molecule has 1 amide bonds. The van der Waals surface area contributed by atoms with Crippen LogP contribution in [0.25, 0.3) is 0 Å². The molecule has 3 nitrogen and oxygen atoms in total. The Hall–Kier alpha value is -2.03. The van der Waals surface area contributed by atoms with Gasteiger partial charge in [0.1, 0.15) is 0 Å². The molecule has 3 heteroatoms. The van der Waals surface area contributed by atoms with E-state index in [1.165, 1.54) is 11.8 Å². The maximum absolute atomic E-state index is 11.8. The van der Waals surface area contributed by atoms with Crippen molar-refractivity contribution in [3.8, 4) is 0 Å². The second kappa shape index (κ2) is 4.87. The highest BCUT2D eigenvalue weighted by molar-refractivity contribution is 5.92. The quantitative estimate of drug-likeness (QED) is 0.879. The maximum atomic E-state index is 11.8. The summed E-state index contributed by atoms with van der Waals surface area (Å²) in [6.07, 6.45) is 1.52. The number of hydrogen-bond donors (Lipinski definition) is 1. The van der Waals surface area contributed by atoms with E-state index in [1.807, 2.05) is 38.1 Å². The highest BCUT2D eigenvalue weighted by Crippen LogP contribution is 2.09. The average molecular weight is 229 g/mol. The van der Waals surface area contributed by atoms with Crippen LogP contribution in [0.2, 0.25) is 0 Å². The Bertz CT molecular complexity index is 511. The van der Waals surface area contributed by atoms with Crippen LogP contribution in [0.5, 0.6) is 0 Å². The smallest absolute Gasteiger partial charge is 0.287 e. The van der Waals surface area contributed by atoms with Gasteiger partial charge in [-0.1, -0.05) is 29.8 Å². The van der Waals surface area contributed by atoms with E-state index in [2.05, 4.69) is 5.32 Å². The molecule has 0 aliphatic carbocycles. The Labute approximate surface area is 100 Å². The van der Waals surface area contributed by atoms with Gasteiger partial charge in [0.2, 0.25) is 0 Å². The van der Waals surface area contributed by atoms with Crippen molar-refractivity contribution in [1.82, 2.24) is 5.32 Å². The van der Waals surface area contributed by atoms with E-state index < -0.39 is 0 Å². The fraction of sp³-hybridized carbons (Fsp3) is 0.214. The van der Waals surface area contributed by atoms with Crippen molar-refractivity contribution in [3.63, 3.8) is 0 Å². The molecule has 2 rings (SSSR count). The SMILES string of the molecule is Cc1ccc(CNC(=O)c2occc2C)cc1. The molecule has 0 bridgehead atoms. The molecule has 1 heterocycles. The van der Waals surface area contributed by atoms with Crippen LogP contribution in [-0.2, 0) is 6.54 Å². The lowest BCUT2D eigenvalue weighted by Crippen LogP contribution is -2.22. The van der Waals surface area contributed by atoms with E-state index in [0.717, 1.165) is 11.1 Å². The molecule has 1 aromatic carbocycles. The predicted molar refractivity (Wildman–Crippen MR) is 65.8 cm³/mol. The Morgan fingerprint density at radius 2 is 1.88 bits per heavy atom. The van der Waals surface area contributed by atoms with Crippen molar-refractivity contribution >= 4 is 5.91 Å². The summed E-state index contributed by atoms with van der Waals surface area (Å²) in [4.78, 5) is 11.8. The van der Waals surface area contributed by atoms with Gasteiger partial charge in [-0.05, 0) is 25.5 Å². The van der Waals surface area contributed by atoms with Gasteiger partial charge in [0, 0.05) is 12.1 Å². The molecule has 1 N–H and O–H groups in total. The van der Waals surface area contributed by atoms with Gasteiger partial charge in [-0.3, -0.25) is 4.79 Å². The number of rotatable bonds is 3. The van der Waals surface area contributed by atoms with Crippen molar-refractivity contribution < 1.29 is 9.21 Å². The first-order chi connectivity index (χ1) is 8.16. The Balaban J connectivity index is 1.97. The Kier molecular flexibility index (Phi) is 3.28. The van der Waals surface area contributed by atoms with Gasteiger partial charge in [-0.15, -0.1) is 0 Å². The normalized spacial score (nSPS) is 10.2. The molecule has 0 saturated carbocycles. The van der Waals surface area contributed by atoms with Crippen LogP contribution < -0.4 is 5.32 Å². The zero-order valence-electron chi connectivity index (χ0n) is 9.99. The number of amides is 1. The Morgan fingerprint density at radius 1 is 1.18 bits per heavy atom. The van der Waals surface area contributed by atoms with Crippen LogP contribution in [0.4, 0.5) is 0 Å². The van der Waals surface area contributed by atoms with E-state index in [1.54, 1.807) is 6.07 Å². The third-order valence-corrected chi connectivity index (χ3v) is 2.64. The van der Waals surface area contributed by atoms with Gasteiger partial charge in [-0.25, -0.2) is 0 Å². The van der Waals surface area contributed by atoms with Crippen molar-refractivity contribution in [1.29, 1.82) is 0 Å². The van der Waals surface area contributed by atoms with E-state index in [0.29, 0.717) is 12.3 Å². The van der Waals surface area contributed by atoms with E-state index in [4.69, 9.17) is 4.42 Å². The van der Waals surface area contributed by atoms with Crippen LogP contribution in [0.1, 0.15) is 27.2 Å². The number of benzene rings is 1. The molecular weight excluding hydrogens is 214 g/mol. The topological polar surface area (TPSA) is 42.2 Å². The molecule has 0 fully saturated rings. The molecule has 2 aromatic rings. The molecule has 0 spiro atoms. The summed E-state index contributed by atoms with van der Waals surface area (Å²) in [6, 6.07) is 9.84. The fourth-order valence-corrected chi connectivity index (χ4v) is 1.57. The van der Waals surface area contributed by atoms with Gasteiger partial charge in [0.25, 0.3) is 5.91 Å². The summed E-state index contributed by atoms with van der Waals surface area (Å²) in [5, 5.41) is 2.83. The van der Waals surface area contributed by atoms with Crippen LogP contribution in [0, 0.1) is 13.8 Å². The zero-order chi connectivity index (χ0) is 12.3. The monoisotopic (exact) mass is 229 g/mol. The van der Waals surface area contributed by atoms with E-state index in [9.17, 15) is 4.79 Å². The predicted octanol–water partition coefficient (Wildman–Crippen LogP) is 2.83. The Morgan fingerprint density at radius 3 is 2.47 bits per heavy atom. The average Bonchev–Trinajstić information content (AvgIpc) is 2.74. The first-order valence-corrected chi connectivity index (χ1v) is 5.54. The van der Waals surface area contributed by atoms with Crippen molar-refractivity contribution in [2.75, 3.05) is 0 Å². The number of carbonyl (C=O) groups excluding carboxylic acids is 1. The molecular formula is C14H15NO2. The fourth-order valence-electron chi connectivity index (χ4n) is 1.57. The summed E-state index contributed by atoms with van der Waals surface area (Å²) in [5.74, 6) is 0.213. The maximum Gasteiger partial charge on any atom is 0.287 e. The third kappa shape index (κ3) is 2.75. The number of nitrogens with one attached hydrogen (secondary N) is 1. The summed E-state index contributed by atoms with van der Waals surface area (Å²) in [7, 11) is 0. The largest absolute Gasteiger partial charge is 0.459 e. The summed E-state index contributed by atoms with van der Waals surface area (Å²) >= 11 is 0. The molecule has 1 aromatic heterocycles. The number of hydrogen-bond acceptors (Lipinski definition) is 2. The van der Waals surface area contributed by atoms with Gasteiger partial charge in [0.15, 0.2) is 5.76 Å². The minimum absolute atomic E-state index is 0.173. The molecule has 0 aliphatic rings. The lowest BCUT2D eigenvalue weighted by molar-refractivity contribution is 0.0922. The number of carbonyl (C=O) groups is 1. The number of aryl methyl sites for hydroxylation is 2. The molecule has 0 atom stereocenters. The minimum atomic E-state index is -0.173. The second-order valence-electron chi connectivity index (χ2n) is 4.10. The lowest BCUT2D eigenvalue weighted by atomic mass is 10.1. The molecule has 0 unspecified atom stereocenters. The standard InChI is InChI=1S/C14H15NO2/c1-10-3-5-12(6-4-10)9-15-14(16)13-11(2)7-8-17-13/h3-8H,9H2,1-2H3,(H,15,16). The van der Waals surface area contributed by atoms with Gasteiger partial charge in [-0.2, -0.15) is 0 Å². The first-order valence-electron chi connectivity index (χ1n) is 5.54. The summed E-state index contributed by atoms with van der Waals surface area (Å²) < 4.78 is 5.12. The van der Waals surface area contributed by atoms with Gasteiger partial charge < -0.3 is 9.73 Å². The van der Waals surface area contributed by atoms with Crippen molar-refractivity contribution in [3.05, 3.63) is 59.0 Å². The van der Waals surface area contributed by atoms with Crippen LogP contribution in [0.3, 0.4) is 0 Å². The highest BCUT2D eigenvalue weighted by atomic mass is 16.3. The summed E-state index contributed by atoms with van der Waals surface area (Å²) in [6.45, 7) is 4.40. The molecule has 0 radical (unpaired) electrons. The molecule has 0 saturated heterocycles. The number of furan rings is 1. The van der Waals surface area contributed by atoms with Crippen LogP contribution >= 0.6 is 0 Å².